The van der Waals surface area contributed by atoms with Crippen molar-refractivity contribution in [3.63, 3.8) is 0 Å². The maximum atomic E-state index is 4.78. The first-order chi connectivity index (χ1) is 3.43. The Kier molecular flexibility index (Phi) is 1.21. The summed E-state index contributed by atoms with van der Waals surface area (Å²) in [5.41, 5.74) is 0. The zero-order valence-corrected chi connectivity index (χ0v) is 3.87. The summed E-state index contributed by atoms with van der Waals surface area (Å²) in [7, 11) is 0. The fourth-order valence-electron chi connectivity index (χ4n) is 0.384. The summed E-state index contributed by atoms with van der Waals surface area (Å²) >= 11 is 0. The van der Waals surface area contributed by atoms with Gasteiger partial charge in [0.1, 0.15) is 6.04 Å². The van der Waals surface area contributed by atoms with E-state index in [2.05, 4.69) is 10.3 Å². The molecule has 1 aliphatic heterocycles. The minimum absolute atomic E-state index is 0.241. The fourth-order valence-corrected chi connectivity index (χ4v) is 0.384. The van der Waals surface area contributed by atoms with Crippen molar-refractivity contribution in [2.45, 2.75) is 6.04 Å². The normalized spacial score (nSPS) is 22.9. The molecule has 1 fully saturated rings. The number of nitrogens with two attached hydrogens (primary N) is 1. The van der Waals surface area contributed by atoms with E-state index in [4.69, 9.17) is 10.6 Å². The molecular weight excluding hydrogens is 94.1 g/mol. The average Bonchev–Trinajstić information content (AvgIpc) is 1.55. The first-order valence-electron chi connectivity index (χ1n) is 2.11. The first-order valence-corrected chi connectivity index (χ1v) is 2.11. The van der Waals surface area contributed by atoms with E-state index in [0.717, 1.165) is 0 Å². The Balaban J connectivity index is 2.14. The van der Waals surface area contributed by atoms with Crippen molar-refractivity contribution in [1.29, 1.82) is 0 Å². The van der Waals surface area contributed by atoms with Gasteiger partial charge < -0.3 is 10.6 Å². The molecule has 0 bridgehead atoms. The van der Waals surface area contributed by atoms with Crippen LogP contribution in [0.25, 0.3) is 0 Å². The van der Waals surface area contributed by atoms with Gasteiger partial charge in [-0.3, -0.25) is 0 Å². The van der Waals surface area contributed by atoms with Crippen molar-refractivity contribution >= 4 is 0 Å². The molecule has 0 aromatic carbocycles. The van der Waals surface area contributed by atoms with Crippen molar-refractivity contribution in [2.75, 3.05) is 13.2 Å². The van der Waals surface area contributed by atoms with Gasteiger partial charge in [0.15, 0.2) is 0 Å². The van der Waals surface area contributed by atoms with Crippen LogP contribution in [0, 0.1) is 0 Å². The summed E-state index contributed by atoms with van der Waals surface area (Å²) < 4.78 is 4.78. The van der Waals surface area contributed by atoms with E-state index in [9.17, 15) is 0 Å². The van der Waals surface area contributed by atoms with Gasteiger partial charge in [0.25, 0.3) is 0 Å². The number of ether oxygens (including phenoxy) is 1. The van der Waals surface area contributed by atoms with E-state index in [1.54, 1.807) is 0 Å². The molecule has 1 aliphatic rings. The summed E-state index contributed by atoms with van der Waals surface area (Å²) in [5, 5.41) is 6.71. The smallest absolute Gasteiger partial charge is 0.119 e. The molecule has 4 nitrogen and oxygen atoms in total. The number of hydrogen-bond donors (Lipinski definition) is 1. The molecule has 0 unspecified atom stereocenters. The van der Waals surface area contributed by atoms with Crippen LogP contribution in [0.3, 0.4) is 0 Å². The third-order valence-electron chi connectivity index (χ3n) is 0.850. The second-order valence-electron chi connectivity index (χ2n) is 1.42. The maximum absolute atomic E-state index is 4.78. The number of hydrogen-bond acceptors (Lipinski definition) is 3. The summed E-state index contributed by atoms with van der Waals surface area (Å²) in [6.45, 7) is 1.36. The Morgan fingerprint density at radius 3 is 2.43 bits per heavy atom. The molecule has 0 saturated carbocycles. The minimum Gasteiger partial charge on any atom is -0.377 e. The van der Waals surface area contributed by atoms with Crippen LogP contribution in [0.4, 0.5) is 0 Å². The molecule has 0 aliphatic carbocycles. The molecule has 0 aromatic rings. The van der Waals surface area contributed by atoms with Crippen molar-refractivity contribution in [1.82, 2.24) is 0 Å². The third kappa shape index (κ3) is 0.866. The quantitative estimate of drug-likeness (QED) is 0.280. The largest absolute Gasteiger partial charge is 0.377 e. The minimum atomic E-state index is 0.241. The van der Waals surface area contributed by atoms with E-state index < -0.39 is 0 Å². The summed E-state index contributed by atoms with van der Waals surface area (Å²) in [4.78, 5) is 0. The highest BCUT2D eigenvalue weighted by Crippen LogP contribution is 2.03. The Labute approximate surface area is 41.3 Å². The standard InChI is InChI=1S/C3H7N3O/c4-6-5-3-1-7-2-3/h3H,1-2H2,(H2,4,5). The van der Waals surface area contributed by atoms with Crippen LogP contribution in [0.2, 0.25) is 0 Å². The van der Waals surface area contributed by atoms with Gasteiger partial charge in [-0.15, -0.1) is 0 Å². The van der Waals surface area contributed by atoms with Gasteiger partial charge in [0, 0.05) is 0 Å². The SMILES string of the molecule is NN=NC1COC1. The highest BCUT2D eigenvalue weighted by Gasteiger charge is 2.16. The molecule has 0 aromatic heterocycles. The lowest BCUT2D eigenvalue weighted by Gasteiger charge is -2.19. The summed E-state index contributed by atoms with van der Waals surface area (Å²) in [6, 6.07) is 0.241. The summed E-state index contributed by atoms with van der Waals surface area (Å²) in [5.74, 6) is 4.74. The van der Waals surface area contributed by atoms with Crippen molar-refractivity contribution in [3.8, 4) is 0 Å². The van der Waals surface area contributed by atoms with E-state index in [1.165, 1.54) is 0 Å². The summed E-state index contributed by atoms with van der Waals surface area (Å²) in [6.07, 6.45) is 0. The number of nitrogens with zero attached hydrogens (tertiary/aromatic N) is 2. The maximum Gasteiger partial charge on any atom is 0.119 e. The van der Waals surface area contributed by atoms with Crippen molar-refractivity contribution < 1.29 is 4.74 Å². The van der Waals surface area contributed by atoms with E-state index in [0.29, 0.717) is 13.2 Å². The van der Waals surface area contributed by atoms with Crippen LogP contribution in [-0.4, -0.2) is 19.3 Å². The Morgan fingerprint density at radius 1 is 1.57 bits per heavy atom. The molecule has 40 valence electrons. The van der Waals surface area contributed by atoms with Crippen molar-refractivity contribution in [3.05, 3.63) is 0 Å². The molecule has 7 heavy (non-hydrogen) atoms. The monoisotopic (exact) mass is 101 g/mol. The van der Waals surface area contributed by atoms with Crippen LogP contribution >= 0.6 is 0 Å². The fraction of sp³-hybridized carbons (Fsp3) is 1.00. The van der Waals surface area contributed by atoms with Crippen molar-refractivity contribution in [2.24, 2.45) is 16.2 Å². The number of rotatable bonds is 1. The Bertz CT molecular complexity index is 78.2. The van der Waals surface area contributed by atoms with Crippen LogP contribution in [0.5, 0.6) is 0 Å². The molecule has 0 atom stereocenters. The zero-order valence-electron chi connectivity index (χ0n) is 3.87. The second kappa shape index (κ2) is 1.88. The molecule has 2 N–H and O–H groups in total. The van der Waals surface area contributed by atoms with Gasteiger partial charge >= 0.3 is 0 Å². The average molecular weight is 101 g/mol. The molecular formula is C3H7N3O. The van der Waals surface area contributed by atoms with Gasteiger partial charge in [-0.05, 0) is 0 Å². The highest BCUT2D eigenvalue weighted by molar-refractivity contribution is 4.69. The third-order valence-corrected chi connectivity index (χ3v) is 0.850. The van der Waals surface area contributed by atoms with Crippen LogP contribution < -0.4 is 5.84 Å². The molecule has 4 heteroatoms. The second-order valence-corrected chi connectivity index (χ2v) is 1.42. The predicted octanol–water partition coefficient (Wildman–Crippen LogP) is -0.289. The topological polar surface area (TPSA) is 60.0 Å². The molecule has 1 saturated heterocycles. The first kappa shape index (κ1) is 4.52. The van der Waals surface area contributed by atoms with Gasteiger partial charge in [-0.2, -0.15) is 5.11 Å². The molecule has 0 amide bonds. The van der Waals surface area contributed by atoms with E-state index in [1.807, 2.05) is 0 Å². The molecule has 1 heterocycles. The highest BCUT2D eigenvalue weighted by atomic mass is 16.5. The van der Waals surface area contributed by atoms with Gasteiger partial charge in [0.2, 0.25) is 0 Å². The van der Waals surface area contributed by atoms with Crippen LogP contribution in [0.1, 0.15) is 0 Å². The molecule has 1 rings (SSSR count). The Morgan fingerprint density at radius 2 is 2.29 bits per heavy atom. The molecule has 0 spiro atoms. The molecule has 0 radical (unpaired) electrons. The lowest BCUT2D eigenvalue weighted by molar-refractivity contribution is 0.01000. The lowest BCUT2D eigenvalue weighted by atomic mass is 10.3. The zero-order chi connectivity index (χ0) is 5.11. The van der Waals surface area contributed by atoms with Crippen LogP contribution in [0.15, 0.2) is 10.3 Å². The van der Waals surface area contributed by atoms with Gasteiger partial charge in [0.05, 0.1) is 13.2 Å². The Hall–Kier alpha value is -0.640. The predicted molar refractivity (Wildman–Crippen MR) is 23.7 cm³/mol. The van der Waals surface area contributed by atoms with Gasteiger partial charge in [-0.25, -0.2) is 0 Å². The lowest BCUT2D eigenvalue weighted by Crippen LogP contribution is -2.31. The van der Waals surface area contributed by atoms with Gasteiger partial charge in [-0.1, -0.05) is 5.22 Å². The van der Waals surface area contributed by atoms with E-state index in [-0.39, 0.29) is 6.04 Å². The van der Waals surface area contributed by atoms with E-state index >= 15 is 0 Å². The van der Waals surface area contributed by atoms with Crippen LogP contribution in [-0.2, 0) is 4.74 Å².